The van der Waals surface area contributed by atoms with E-state index in [0.29, 0.717) is 31.1 Å². The van der Waals surface area contributed by atoms with Gasteiger partial charge in [-0.3, -0.25) is 9.59 Å². The summed E-state index contributed by atoms with van der Waals surface area (Å²) in [6.45, 7) is 3.13. The van der Waals surface area contributed by atoms with Gasteiger partial charge < -0.3 is 9.64 Å². The molecule has 2 aromatic rings. The maximum absolute atomic E-state index is 12.5. The fraction of sp³-hybridized carbons (Fsp3) is 0.471. The van der Waals surface area contributed by atoms with Crippen molar-refractivity contribution in [3.05, 3.63) is 29.8 Å². The van der Waals surface area contributed by atoms with Gasteiger partial charge >= 0.3 is 5.97 Å². The number of thioether (sulfide) groups is 1. The zero-order valence-corrected chi connectivity index (χ0v) is 15.6. The molecule has 0 bridgehead atoms. The monoisotopic (exact) mass is 375 g/mol. The molecule has 1 aliphatic heterocycles. The van der Waals surface area contributed by atoms with Crippen molar-refractivity contribution in [2.75, 3.05) is 26.0 Å². The number of para-hydroxylation sites is 1. The minimum absolute atomic E-state index is 0.0256. The van der Waals surface area contributed by atoms with Gasteiger partial charge in [-0.05, 0) is 41.8 Å². The van der Waals surface area contributed by atoms with E-state index in [2.05, 4.69) is 15.5 Å². The molecule has 138 valence electrons. The Morgan fingerprint density at radius 2 is 2.00 bits per heavy atom. The Bertz CT molecular complexity index is 786. The summed E-state index contributed by atoms with van der Waals surface area (Å²) in [7, 11) is 1.40. The maximum Gasteiger partial charge on any atom is 0.308 e. The lowest BCUT2D eigenvalue weighted by Gasteiger charge is -2.30. The molecule has 1 aromatic carbocycles. The van der Waals surface area contributed by atoms with E-state index in [9.17, 15) is 9.59 Å². The van der Waals surface area contributed by atoms with Crippen LogP contribution in [0.25, 0.3) is 5.69 Å². The number of carbonyl (C=O) groups excluding carboxylic acids is 2. The number of hydrogen-bond donors (Lipinski definition) is 0. The number of aryl methyl sites for hydroxylation is 1. The van der Waals surface area contributed by atoms with E-state index in [1.165, 1.54) is 18.9 Å². The van der Waals surface area contributed by atoms with Crippen LogP contribution in [0.1, 0.15) is 18.4 Å². The molecule has 0 unspecified atom stereocenters. The number of likely N-dealkylation sites (tertiary alicyclic amines) is 1. The highest BCUT2D eigenvalue weighted by Crippen LogP contribution is 2.23. The molecule has 0 aliphatic carbocycles. The Balaban J connectivity index is 1.57. The van der Waals surface area contributed by atoms with Crippen molar-refractivity contribution in [1.82, 2.24) is 25.1 Å². The summed E-state index contributed by atoms with van der Waals surface area (Å²) in [4.78, 5) is 25.8. The van der Waals surface area contributed by atoms with Crippen molar-refractivity contribution < 1.29 is 14.3 Å². The minimum atomic E-state index is -0.191. The van der Waals surface area contributed by atoms with Crippen molar-refractivity contribution in [1.29, 1.82) is 0 Å². The summed E-state index contributed by atoms with van der Waals surface area (Å²) in [5, 5.41) is 12.4. The number of aromatic nitrogens is 4. The molecule has 0 atom stereocenters. The molecule has 0 N–H and O–H groups in total. The van der Waals surface area contributed by atoms with E-state index in [0.717, 1.165) is 11.3 Å². The Hall–Kier alpha value is -2.42. The molecule has 1 fully saturated rings. The van der Waals surface area contributed by atoms with Crippen LogP contribution in [-0.4, -0.2) is 62.9 Å². The summed E-state index contributed by atoms with van der Waals surface area (Å²) < 4.78 is 6.42. The predicted octanol–water partition coefficient (Wildman–Crippen LogP) is 1.47. The second-order valence-electron chi connectivity index (χ2n) is 6.13. The average Bonchev–Trinajstić information content (AvgIpc) is 3.14. The van der Waals surface area contributed by atoms with Crippen molar-refractivity contribution in [3.8, 4) is 5.69 Å². The maximum atomic E-state index is 12.5. The standard InChI is InChI=1S/C17H21N5O3S/c1-12-5-3-4-6-14(12)22-17(18-19-20-22)26-11-15(23)21-9-7-13(8-10-21)16(24)25-2/h3-6,13H,7-11H2,1-2H3. The molecule has 2 heterocycles. The number of rotatable bonds is 5. The first-order chi connectivity index (χ1) is 12.6. The second kappa shape index (κ2) is 8.31. The largest absolute Gasteiger partial charge is 0.469 e. The highest BCUT2D eigenvalue weighted by molar-refractivity contribution is 7.99. The number of nitrogens with zero attached hydrogens (tertiary/aromatic N) is 5. The molecule has 1 saturated heterocycles. The lowest BCUT2D eigenvalue weighted by molar-refractivity contribution is -0.148. The molecule has 1 amide bonds. The normalized spacial score (nSPS) is 15.1. The minimum Gasteiger partial charge on any atom is -0.469 e. The fourth-order valence-electron chi connectivity index (χ4n) is 2.97. The third kappa shape index (κ3) is 4.04. The molecule has 9 heteroatoms. The second-order valence-corrected chi connectivity index (χ2v) is 7.07. The molecule has 3 rings (SSSR count). The first kappa shape index (κ1) is 18.4. The third-order valence-electron chi connectivity index (χ3n) is 4.49. The number of carbonyl (C=O) groups is 2. The van der Waals surface area contributed by atoms with Gasteiger partial charge in [-0.2, -0.15) is 4.68 Å². The van der Waals surface area contributed by atoms with Crippen LogP contribution in [-0.2, 0) is 14.3 Å². The number of piperidine rings is 1. The van der Waals surface area contributed by atoms with E-state index < -0.39 is 0 Å². The summed E-state index contributed by atoms with van der Waals surface area (Å²) in [5.74, 6) is -0.0126. The van der Waals surface area contributed by atoms with Crippen molar-refractivity contribution in [2.24, 2.45) is 5.92 Å². The Kier molecular flexibility index (Phi) is 5.87. The number of hydrogen-bond acceptors (Lipinski definition) is 7. The first-order valence-electron chi connectivity index (χ1n) is 8.43. The fourth-order valence-corrected chi connectivity index (χ4v) is 3.76. The molecule has 0 saturated carbocycles. The van der Waals surface area contributed by atoms with Gasteiger partial charge in [-0.25, -0.2) is 0 Å². The Labute approximate surface area is 155 Å². The zero-order valence-electron chi connectivity index (χ0n) is 14.8. The Morgan fingerprint density at radius 1 is 1.27 bits per heavy atom. The topological polar surface area (TPSA) is 90.2 Å². The van der Waals surface area contributed by atoms with E-state index in [1.807, 2.05) is 31.2 Å². The SMILES string of the molecule is COC(=O)C1CCN(C(=O)CSc2nnnn2-c2ccccc2C)CC1. The van der Waals surface area contributed by atoms with Crippen LogP contribution in [0, 0.1) is 12.8 Å². The van der Waals surface area contributed by atoms with E-state index in [4.69, 9.17) is 4.74 Å². The van der Waals surface area contributed by atoms with Gasteiger partial charge in [0.2, 0.25) is 11.1 Å². The van der Waals surface area contributed by atoms with E-state index in [1.54, 1.807) is 9.58 Å². The highest BCUT2D eigenvalue weighted by Gasteiger charge is 2.28. The lowest BCUT2D eigenvalue weighted by atomic mass is 9.97. The lowest BCUT2D eigenvalue weighted by Crippen LogP contribution is -2.41. The molecule has 0 radical (unpaired) electrons. The van der Waals surface area contributed by atoms with Crippen molar-refractivity contribution in [3.63, 3.8) is 0 Å². The molecule has 0 spiro atoms. The summed E-state index contributed by atoms with van der Waals surface area (Å²) in [6, 6.07) is 7.81. The van der Waals surface area contributed by atoms with Gasteiger partial charge in [-0.15, -0.1) is 5.10 Å². The smallest absolute Gasteiger partial charge is 0.308 e. The number of benzene rings is 1. The Morgan fingerprint density at radius 3 is 2.69 bits per heavy atom. The van der Waals surface area contributed by atoms with Crippen LogP contribution in [0.2, 0.25) is 0 Å². The average molecular weight is 375 g/mol. The van der Waals surface area contributed by atoms with Gasteiger partial charge in [-0.1, -0.05) is 30.0 Å². The van der Waals surface area contributed by atoms with Crippen LogP contribution in [0.3, 0.4) is 0 Å². The number of tetrazole rings is 1. The van der Waals surface area contributed by atoms with Gasteiger partial charge in [0.1, 0.15) is 0 Å². The molecular weight excluding hydrogens is 354 g/mol. The van der Waals surface area contributed by atoms with E-state index >= 15 is 0 Å². The predicted molar refractivity (Wildman–Crippen MR) is 95.9 cm³/mol. The van der Waals surface area contributed by atoms with Crippen LogP contribution >= 0.6 is 11.8 Å². The molecule has 26 heavy (non-hydrogen) atoms. The van der Waals surface area contributed by atoms with Crippen molar-refractivity contribution >= 4 is 23.6 Å². The number of ether oxygens (including phenoxy) is 1. The van der Waals surface area contributed by atoms with Crippen LogP contribution in [0.4, 0.5) is 0 Å². The number of amides is 1. The van der Waals surface area contributed by atoms with Crippen LogP contribution in [0.15, 0.2) is 29.4 Å². The van der Waals surface area contributed by atoms with Gasteiger partial charge in [0.15, 0.2) is 0 Å². The molecule has 1 aliphatic rings. The van der Waals surface area contributed by atoms with Crippen molar-refractivity contribution in [2.45, 2.75) is 24.9 Å². The quantitative estimate of drug-likeness (QED) is 0.577. The van der Waals surface area contributed by atoms with Crippen LogP contribution in [0.5, 0.6) is 0 Å². The molecular formula is C17H21N5O3S. The van der Waals surface area contributed by atoms with Gasteiger partial charge in [0, 0.05) is 13.1 Å². The van der Waals surface area contributed by atoms with Gasteiger partial charge in [0.25, 0.3) is 0 Å². The number of esters is 1. The zero-order chi connectivity index (χ0) is 18.5. The summed E-state index contributed by atoms with van der Waals surface area (Å²) in [6.07, 6.45) is 1.29. The third-order valence-corrected chi connectivity index (χ3v) is 5.40. The van der Waals surface area contributed by atoms with E-state index in [-0.39, 0.29) is 23.5 Å². The molecule has 8 nitrogen and oxygen atoms in total. The highest BCUT2D eigenvalue weighted by atomic mass is 32.2. The first-order valence-corrected chi connectivity index (χ1v) is 9.41. The number of methoxy groups -OCH3 is 1. The summed E-state index contributed by atoms with van der Waals surface area (Å²) in [5.41, 5.74) is 1.95. The van der Waals surface area contributed by atoms with Crippen LogP contribution < -0.4 is 0 Å². The summed E-state index contributed by atoms with van der Waals surface area (Å²) >= 11 is 1.31. The molecule has 1 aromatic heterocycles. The van der Waals surface area contributed by atoms with Gasteiger partial charge in [0.05, 0.1) is 24.5 Å².